The number of hydrogen-bond donors (Lipinski definition) is 1. The Balaban J connectivity index is 2.06. The molecule has 1 atom stereocenters. The van der Waals surface area contributed by atoms with Crippen LogP contribution >= 0.6 is 0 Å². The number of rotatable bonds is 3. The predicted molar refractivity (Wildman–Crippen MR) is 75.7 cm³/mol. The van der Waals surface area contributed by atoms with Crippen molar-refractivity contribution in [2.24, 2.45) is 5.73 Å². The van der Waals surface area contributed by atoms with E-state index in [2.05, 4.69) is 11.8 Å². The summed E-state index contributed by atoms with van der Waals surface area (Å²) in [6, 6.07) is 0.704. The molecular formula is C15H30N2O. The Morgan fingerprint density at radius 3 is 2.50 bits per heavy atom. The highest BCUT2D eigenvalue weighted by Gasteiger charge is 2.41. The van der Waals surface area contributed by atoms with Crippen molar-refractivity contribution >= 4 is 0 Å². The van der Waals surface area contributed by atoms with Crippen LogP contribution in [0.3, 0.4) is 0 Å². The lowest BCUT2D eigenvalue weighted by Gasteiger charge is -2.49. The number of ether oxygens (including phenoxy) is 1. The van der Waals surface area contributed by atoms with Gasteiger partial charge in [0.1, 0.15) is 0 Å². The van der Waals surface area contributed by atoms with Crippen LogP contribution in [0.5, 0.6) is 0 Å². The number of nitrogens with two attached hydrogens (primary N) is 1. The molecule has 3 nitrogen and oxygen atoms in total. The molecule has 0 aromatic rings. The molecule has 18 heavy (non-hydrogen) atoms. The largest absolute Gasteiger partial charge is 0.381 e. The summed E-state index contributed by atoms with van der Waals surface area (Å²) in [5.41, 5.74) is 6.45. The highest BCUT2D eigenvalue weighted by molar-refractivity contribution is 4.98. The van der Waals surface area contributed by atoms with E-state index >= 15 is 0 Å². The monoisotopic (exact) mass is 254 g/mol. The lowest BCUT2D eigenvalue weighted by molar-refractivity contribution is -0.0220. The molecule has 2 rings (SSSR count). The van der Waals surface area contributed by atoms with Crippen molar-refractivity contribution in [2.75, 3.05) is 20.2 Å². The zero-order valence-corrected chi connectivity index (χ0v) is 12.2. The first kappa shape index (κ1) is 14.3. The number of likely N-dealkylation sites (tertiary alicyclic amines) is 1. The minimum absolute atomic E-state index is 0.263. The summed E-state index contributed by atoms with van der Waals surface area (Å²) in [6.07, 6.45) is 10.7. The van der Waals surface area contributed by atoms with Crippen LogP contribution in [0.15, 0.2) is 0 Å². The van der Waals surface area contributed by atoms with Crippen molar-refractivity contribution in [3.05, 3.63) is 0 Å². The van der Waals surface area contributed by atoms with E-state index in [1.54, 1.807) is 0 Å². The second-order valence-electron chi connectivity index (χ2n) is 6.26. The third-order valence-corrected chi connectivity index (χ3v) is 5.24. The minimum atomic E-state index is 0.263. The standard InChI is InChI=1S/C15H30N2O/c1-13-6-4-3-5-11-17(13)15(12-16)9-7-14(18-2)8-10-15/h13-14H,3-12,16H2,1-2H3. The Kier molecular flexibility index (Phi) is 5.05. The van der Waals surface area contributed by atoms with Gasteiger partial charge in [-0.05, 0) is 52.0 Å². The summed E-state index contributed by atoms with van der Waals surface area (Å²) in [4.78, 5) is 2.74. The Hall–Kier alpha value is -0.120. The summed E-state index contributed by atoms with van der Waals surface area (Å²) >= 11 is 0. The second-order valence-corrected chi connectivity index (χ2v) is 6.26. The molecule has 0 bridgehead atoms. The Labute approximate surface area is 112 Å². The molecular weight excluding hydrogens is 224 g/mol. The molecule has 106 valence electrons. The van der Waals surface area contributed by atoms with Gasteiger partial charge >= 0.3 is 0 Å². The van der Waals surface area contributed by atoms with Gasteiger partial charge in [0.05, 0.1) is 6.10 Å². The van der Waals surface area contributed by atoms with Crippen molar-refractivity contribution in [1.29, 1.82) is 0 Å². The summed E-state index contributed by atoms with van der Waals surface area (Å²) in [7, 11) is 1.84. The molecule has 0 spiro atoms. The number of nitrogens with zero attached hydrogens (tertiary/aromatic N) is 1. The van der Waals surface area contributed by atoms with E-state index in [4.69, 9.17) is 10.5 Å². The third-order valence-electron chi connectivity index (χ3n) is 5.24. The maximum Gasteiger partial charge on any atom is 0.0572 e. The van der Waals surface area contributed by atoms with E-state index in [1.807, 2.05) is 7.11 Å². The smallest absolute Gasteiger partial charge is 0.0572 e. The first-order valence-electron chi connectivity index (χ1n) is 7.71. The third kappa shape index (κ3) is 2.89. The number of methoxy groups -OCH3 is 1. The van der Waals surface area contributed by atoms with E-state index in [9.17, 15) is 0 Å². The number of hydrogen-bond acceptors (Lipinski definition) is 3. The molecule has 0 aromatic heterocycles. The molecule has 0 amide bonds. The fourth-order valence-corrected chi connectivity index (χ4v) is 3.95. The highest BCUT2D eigenvalue weighted by atomic mass is 16.5. The quantitative estimate of drug-likeness (QED) is 0.841. The van der Waals surface area contributed by atoms with Crippen LogP contribution in [0.2, 0.25) is 0 Å². The van der Waals surface area contributed by atoms with Gasteiger partial charge in [0, 0.05) is 25.2 Å². The van der Waals surface area contributed by atoms with E-state index in [1.165, 1.54) is 57.9 Å². The molecule has 1 aliphatic heterocycles. The fraction of sp³-hybridized carbons (Fsp3) is 1.00. The Bertz CT molecular complexity index is 249. The van der Waals surface area contributed by atoms with Gasteiger partial charge < -0.3 is 10.5 Å². The average molecular weight is 254 g/mol. The fourth-order valence-electron chi connectivity index (χ4n) is 3.95. The molecule has 1 heterocycles. The van der Waals surface area contributed by atoms with Gasteiger partial charge in [0.15, 0.2) is 0 Å². The minimum Gasteiger partial charge on any atom is -0.381 e. The van der Waals surface area contributed by atoms with Gasteiger partial charge in [-0.3, -0.25) is 4.90 Å². The molecule has 1 saturated heterocycles. The van der Waals surface area contributed by atoms with E-state index < -0.39 is 0 Å². The molecule has 3 heteroatoms. The second kappa shape index (κ2) is 6.36. The van der Waals surface area contributed by atoms with E-state index in [0.29, 0.717) is 12.1 Å². The van der Waals surface area contributed by atoms with E-state index in [0.717, 1.165) is 6.54 Å². The summed E-state index contributed by atoms with van der Waals surface area (Å²) in [5.74, 6) is 0. The van der Waals surface area contributed by atoms with Gasteiger partial charge in [-0.15, -0.1) is 0 Å². The van der Waals surface area contributed by atoms with Crippen LogP contribution in [0.4, 0.5) is 0 Å². The van der Waals surface area contributed by atoms with Crippen LogP contribution in [-0.2, 0) is 4.74 Å². The molecule has 1 aliphatic carbocycles. The lowest BCUT2D eigenvalue weighted by atomic mass is 9.78. The molecule has 1 saturated carbocycles. The van der Waals surface area contributed by atoms with Crippen LogP contribution in [0.1, 0.15) is 58.3 Å². The normalized spacial score (nSPS) is 39.5. The van der Waals surface area contributed by atoms with E-state index in [-0.39, 0.29) is 5.54 Å². The van der Waals surface area contributed by atoms with Crippen molar-refractivity contribution in [3.8, 4) is 0 Å². The predicted octanol–water partition coefficient (Wildman–Crippen LogP) is 2.54. The molecule has 0 aromatic carbocycles. The summed E-state index contributed by atoms with van der Waals surface area (Å²) in [5, 5.41) is 0. The Morgan fingerprint density at radius 2 is 1.89 bits per heavy atom. The topological polar surface area (TPSA) is 38.5 Å². The van der Waals surface area contributed by atoms with Crippen molar-refractivity contribution in [2.45, 2.75) is 76.0 Å². The maximum absolute atomic E-state index is 6.19. The zero-order valence-electron chi connectivity index (χ0n) is 12.2. The van der Waals surface area contributed by atoms with Crippen molar-refractivity contribution in [3.63, 3.8) is 0 Å². The Morgan fingerprint density at radius 1 is 1.17 bits per heavy atom. The van der Waals surface area contributed by atoms with Gasteiger partial charge in [-0.1, -0.05) is 12.8 Å². The molecule has 2 fully saturated rings. The van der Waals surface area contributed by atoms with Crippen LogP contribution in [0.25, 0.3) is 0 Å². The van der Waals surface area contributed by atoms with Gasteiger partial charge in [-0.2, -0.15) is 0 Å². The van der Waals surface area contributed by atoms with Crippen LogP contribution < -0.4 is 5.73 Å². The van der Waals surface area contributed by atoms with Crippen LogP contribution in [0, 0.1) is 0 Å². The maximum atomic E-state index is 6.19. The van der Waals surface area contributed by atoms with Crippen molar-refractivity contribution in [1.82, 2.24) is 4.90 Å². The molecule has 2 N–H and O–H groups in total. The molecule has 0 radical (unpaired) electrons. The zero-order chi connectivity index (χ0) is 13.0. The molecule has 2 aliphatic rings. The van der Waals surface area contributed by atoms with Gasteiger partial charge in [-0.25, -0.2) is 0 Å². The average Bonchev–Trinajstić information content (AvgIpc) is 2.64. The highest BCUT2D eigenvalue weighted by Crippen LogP contribution is 2.37. The SMILES string of the molecule is COC1CCC(CN)(N2CCCCCC2C)CC1. The van der Waals surface area contributed by atoms with Gasteiger partial charge in [0.25, 0.3) is 0 Å². The van der Waals surface area contributed by atoms with Gasteiger partial charge in [0.2, 0.25) is 0 Å². The summed E-state index contributed by atoms with van der Waals surface area (Å²) in [6.45, 7) is 4.45. The first-order valence-corrected chi connectivity index (χ1v) is 7.71. The first-order chi connectivity index (χ1) is 8.72. The summed E-state index contributed by atoms with van der Waals surface area (Å²) < 4.78 is 5.51. The van der Waals surface area contributed by atoms with Crippen molar-refractivity contribution < 1.29 is 4.74 Å². The van der Waals surface area contributed by atoms with Crippen LogP contribution in [-0.4, -0.2) is 42.8 Å². The lowest BCUT2D eigenvalue weighted by Crippen LogP contribution is -2.59. The molecule has 1 unspecified atom stereocenters.